The summed E-state index contributed by atoms with van der Waals surface area (Å²) in [5, 5.41) is 18.1. The van der Waals surface area contributed by atoms with Crippen LogP contribution < -0.4 is 19.0 Å². The first kappa shape index (κ1) is 21.3. The van der Waals surface area contributed by atoms with E-state index in [-0.39, 0.29) is 18.0 Å². The Bertz CT molecular complexity index is 1450. The molecule has 5 rings (SSSR count). The molecule has 10 nitrogen and oxygen atoms in total. The van der Waals surface area contributed by atoms with Crippen molar-refractivity contribution in [2.45, 2.75) is 0 Å². The van der Waals surface area contributed by atoms with Crippen LogP contribution in [-0.4, -0.2) is 34.7 Å². The molecule has 0 saturated heterocycles. The highest BCUT2D eigenvalue weighted by Crippen LogP contribution is 2.37. The molecule has 0 N–H and O–H groups in total. The number of ether oxygens (including phenoxy) is 3. The quantitative estimate of drug-likeness (QED) is 0.232. The zero-order valence-corrected chi connectivity index (χ0v) is 18.6. The molecule has 2 aromatic heterocycles. The molecule has 0 saturated carbocycles. The van der Waals surface area contributed by atoms with Gasteiger partial charge in [-0.2, -0.15) is 5.10 Å². The normalized spacial score (nSPS) is 12.9. The minimum atomic E-state index is -0.479. The second-order valence-corrected chi connectivity index (χ2v) is 7.87. The number of pyridine rings is 1. The zero-order chi connectivity index (χ0) is 23.5. The highest BCUT2D eigenvalue weighted by Gasteiger charge is 2.22. The van der Waals surface area contributed by atoms with Crippen LogP contribution in [0, 0.1) is 10.1 Å². The van der Waals surface area contributed by atoms with Gasteiger partial charge >= 0.3 is 0 Å². The van der Waals surface area contributed by atoms with Crippen molar-refractivity contribution in [1.82, 2.24) is 9.66 Å². The van der Waals surface area contributed by atoms with Crippen LogP contribution >= 0.6 is 11.3 Å². The summed E-state index contributed by atoms with van der Waals surface area (Å²) in [6.07, 6.45) is 4.73. The molecule has 0 unspecified atom stereocenters. The first-order valence-corrected chi connectivity index (χ1v) is 10.9. The van der Waals surface area contributed by atoms with Crippen LogP contribution in [0.4, 0.5) is 11.4 Å². The molecule has 170 valence electrons. The number of rotatable bonds is 6. The molecule has 0 spiro atoms. The molecule has 3 heterocycles. The lowest BCUT2D eigenvalue weighted by Crippen LogP contribution is -2.11. The van der Waals surface area contributed by atoms with Gasteiger partial charge in [0.1, 0.15) is 5.75 Å². The average Bonchev–Trinajstić information content (AvgIpc) is 3.49. The Morgan fingerprint density at radius 2 is 2.00 bits per heavy atom. The molecule has 1 aliphatic heterocycles. The van der Waals surface area contributed by atoms with E-state index >= 15 is 0 Å². The number of nitro groups is 1. The van der Waals surface area contributed by atoms with Crippen molar-refractivity contribution in [1.29, 1.82) is 0 Å². The molecule has 0 fully saturated rings. The van der Waals surface area contributed by atoms with Gasteiger partial charge in [0, 0.05) is 17.1 Å². The number of benzene rings is 2. The molecule has 0 aliphatic carbocycles. The van der Waals surface area contributed by atoms with Gasteiger partial charge in [0.05, 0.1) is 47.5 Å². The topological polar surface area (TPSA) is 113 Å². The van der Waals surface area contributed by atoms with Crippen LogP contribution in [-0.2, 0) is 0 Å². The van der Waals surface area contributed by atoms with E-state index in [4.69, 9.17) is 14.2 Å². The summed E-state index contributed by atoms with van der Waals surface area (Å²) in [6.45, 7) is 0.0160. The number of thiazole rings is 1. The molecule has 0 atom stereocenters. The van der Waals surface area contributed by atoms with Crippen LogP contribution in [0.2, 0.25) is 0 Å². The van der Waals surface area contributed by atoms with Gasteiger partial charge in [-0.3, -0.25) is 15.1 Å². The molecule has 2 aromatic carbocycles. The van der Waals surface area contributed by atoms with Gasteiger partial charge in [-0.15, -0.1) is 11.3 Å². The SMILES string of the molecule is COc1ccc(-c2csc(=Nc3cccnc3)n2N=Cc2cc3c(cc2[N+](=O)[O-])OCO3)cc1. The first-order chi connectivity index (χ1) is 16.6. The minimum Gasteiger partial charge on any atom is -0.497 e. The van der Waals surface area contributed by atoms with Gasteiger partial charge in [0.25, 0.3) is 5.69 Å². The Hall–Kier alpha value is -4.51. The fraction of sp³-hybridized carbons (Fsp3) is 0.0870. The monoisotopic (exact) mass is 475 g/mol. The van der Waals surface area contributed by atoms with Crippen molar-refractivity contribution in [2.24, 2.45) is 10.1 Å². The van der Waals surface area contributed by atoms with E-state index in [2.05, 4.69) is 15.1 Å². The van der Waals surface area contributed by atoms with Gasteiger partial charge in [-0.05, 0) is 42.5 Å². The smallest absolute Gasteiger partial charge is 0.282 e. The summed E-state index contributed by atoms with van der Waals surface area (Å²) >= 11 is 1.39. The van der Waals surface area contributed by atoms with E-state index in [0.717, 1.165) is 17.0 Å². The second-order valence-electron chi connectivity index (χ2n) is 7.03. The number of aromatic nitrogens is 2. The van der Waals surface area contributed by atoms with Gasteiger partial charge in [0.15, 0.2) is 11.5 Å². The first-order valence-electron chi connectivity index (χ1n) is 10.0. The molecule has 11 heteroatoms. The number of nitrogens with zero attached hydrogens (tertiary/aromatic N) is 5. The third-order valence-electron chi connectivity index (χ3n) is 4.97. The van der Waals surface area contributed by atoms with Crippen molar-refractivity contribution < 1.29 is 19.1 Å². The summed E-state index contributed by atoms with van der Waals surface area (Å²) in [5.74, 6) is 1.49. The average molecular weight is 475 g/mol. The van der Waals surface area contributed by atoms with Crippen molar-refractivity contribution >= 4 is 28.9 Å². The second kappa shape index (κ2) is 9.16. The van der Waals surface area contributed by atoms with E-state index in [0.29, 0.717) is 22.0 Å². The molecule has 1 aliphatic rings. The highest BCUT2D eigenvalue weighted by atomic mass is 32.1. The Morgan fingerprint density at radius 1 is 1.21 bits per heavy atom. The van der Waals surface area contributed by atoms with Crippen LogP contribution in [0.3, 0.4) is 0 Å². The lowest BCUT2D eigenvalue weighted by atomic mass is 10.1. The van der Waals surface area contributed by atoms with Crippen molar-refractivity contribution in [2.75, 3.05) is 13.9 Å². The zero-order valence-electron chi connectivity index (χ0n) is 17.8. The Morgan fingerprint density at radius 3 is 2.71 bits per heavy atom. The Balaban J connectivity index is 1.64. The molecular formula is C23H17N5O5S. The van der Waals surface area contributed by atoms with Gasteiger partial charge in [-0.1, -0.05) is 0 Å². The van der Waals surface area contributed by atoms with Gasteiger partial charge in [-0.25, -0.2) is 9.67 Å². The van der Waals surface area contributed by atoms with Crippen LogP contribution in [0.15, 0.2) is 76.4 Å². The summed E-state index contributed by atoms with van der Waals surface area (Å²) < 4.78 is 17.5. The Labute approximate surface area is 197 Å². The van der Waals surface area contributed by atoms with E-state index < -0.39 is 4.92 Å². The van der Waals surface area contributed by atoms with Gasteiger partial charge in [0.2, 0.25) is 11.6 Å². The van der Waals surface area contributed by atoms with Crippen molar-refractivity contribution in [3.8, 4) is 28.5 Å². The maximum Gasteiger partial charge on any atom is 0.282 e. The van der Waals surface area contributed by atoms with Gasteiger partial charge < -0.3 is 14.2 Å². The fourth-order valence-corrected chi connectivity index (χ4v) is 4.16. The molecular weight excluding hydrogens is 458 g/mol. The number of nitro benzene ring substituents is 1. The summed E-state index contributed by atoms with van der Waals surface area (Å²) in [4.78, 5) is 20.5. The molecule has 4 aromatic rings. The number of hydrogen-bond donors (Lipinski definition) is 0. The van der Waals surface area contributed by atoms with E-state index in [1.807, 2.05) is 35.7 Å². The number of fused-ring (bicyclic) bond motifs is 1. The van der Waals surface area contributed by atoms with Crippen molar-refractivity contribution in [3.63, 3.8) is 0 Å². The molecule has 0 amide bonds. The largest absolute Gasteiger partial charge is 0.497 e. The van der Waals surface area contributed by atoms with Crippen LogP contribution in [0.25, 0.3) is 11.3 Å². The van der Waals surface area contributed by atoms with E-state index in [1.165, 1.54) is 23.6 Å². The predicted molar refractivity (Wildman–Crippen MR) is 126 cm³/mol. The summed E-state index contributed by atoms with van der Waals surface area (Å²) in [5.41, 5.74) is 2.43. The van der Waals surface area contributed by atoms with E-state index in [9.17, 15) is 10.1 Å². The standard InChI is InChI=1S/C23H17N5O5S/c1-31-18-6-4-15(5-7-18)20-13-34-23(26-17-3-2-8-24-12-17)27(20)25-11-16-9-21-22(33-14-32-21)10-19(16)28(29)30/h2-13H,14H2,1H3. The maximum absolute atomic E-state index is 11.6. The van der Waals surface area contributed by atoms with E-state index in [1.54, 1.807) is 36.3 Å². The maximum atomic E-state index is 11.6. The fourth-order valence-electron chi connectivity index (χ4n) is 3.31. The molecule has 34 heavy (non-hydrogen) atoms. The minimum absolute atomic E-state index is 0.0160. The van der Waals surface area contributed by atoms with Crippen LogP contribution in [0.5, 0.6) is 17.2 Å². The summed E-state index contributed by atoms with van der Waals surface area (Å²) in [7, 11) is 1.60. The Kier molecular flexibility index (Phi) is 5.75. The highest BCUT2D eigenvalue weighted by molar-refractivity contribution is 7.07. The van der Waals surface area contributed by atoms with Crippen molar-refractivity contribution in [3.05, 3.63) is 86.8 Å². The summed E-state index contributed by atoms with van der Waals surface area (Å²) in [6, 6.07) is 14.0. The predicted octanol–water partition coefficient (Wildman–Crippen LogP) is 4.37. The lowest BCUT2D eigenvalue weighted by molar-refractivity contribution is -0.385. The third-order valence-corrected chi connectivity index (χ3v) is 5.79. The number of hydrogen-bond acceptors (Lipinski definition) is 9. The van der Waals surface area contributed by atoms with Crippen LogP contribution in [0.1, 0.15) is 5.56 Å². The number of methoxy groups -OCH3 is 1. The molecule has 0 bridgehead atoms. The third kappa shape index (κ3) is 4.24. The molecule has 0 radical (unpaired) electrons. The lowest BCUT2D eigenvalue weighted by Gasteiger charge is -2.06.